The van der Waals surface area contributed by atoms with Gasteiger partial charge in [-0.1, -0.05) is 29.8 Å². The smallest absolute Gasteiger partial charge is 0.286 e. The summed E-state index contributed by atoms with van der Waals surface area (Å²) in [5.74, 6) is -0.176. The van der Waals surface area contributed by atoms with Gasteiger partial charge in [-0.05, 0) is 24.6 Å². The number of benzene rings is 1. The van der Waals surface area contributed by atoms with Crippen LogP contribution in [0.15, 0.2) is 47.1 Å². The quantitative estimate of drug-likeness (QED) is 0.725. The summed E-state index contributed by atoms with van der Waals surface area (Å²) >= 11 is 0. The molecule has 1 aliphatic rings. The lowest BCUT2D eigenvalue weighted by atomic mass is 10.0. The number of rotatable bonds is 8. The van der Waals surface area contributed by atoms with Crippen LogP contribution in [0.2, 0.25) is 0 Å². The van der Waals surface area contributed by atoms with E-state index in [2.05, 4.69) is 39.8 Å². The Kier molecular flexibility index (Phi) is 7.22. The molecule has 150 valence electrons. The van der Waals surface area contributed by atoms with E-state index in [1.807, 2.05) is 6.92 Å². The van der Waals surface area contributed by atoms with Crippen molar-refractivity contribution in [2.45, 2.75) is 19.4 Å². The van der Waals surface area contributed by atoms with E-state index in [1.165, 1.54) is 11.8 Å². The Morgan fingerprint density at radius 3 is 2.57 bits per heavy atom. The van der Waals surface area contributed by atoms with Crippen molar-refractivity contribution in [2.24, 2.45) is 0 Å². The molecule has 1 aromatic carbocycles. The molecule has 0 spiro atoms. The lowest BCUT2D eigenvalue weighted by molar-refractivity contribution is -0.121. The predicted molar refractivity (Wildman–Crippen MR) is 105 cm³/mol. The number of nitrogens with one attached hydrogen (secondary N) is 2. The number of carbonyl (C=O) groups excluding carboxylic acids is 2. The van der Waals surface area contributed by atoms with Crippen LogP contribution >= 0.6 is 0 Å². The molecule has 0 unspecified atom stereocenters. The Labute approximate surface area is 165 Å². The summed E-state index contributed by atoms with van der Waals surface area (Å²) in [4.78, 5) is 26.6. The molecule has 2 N–H and O–H groups in total. The van der Waals surface area contributed by atoms with Crippen LogP contribution in [0.1, 0.15) is 34.1 Å². The van der Waals surface area contributed by atoms with Crippen LogP contribution in [-0.2, 0) is 9.53 Å². The van der Waals surface area contributed by atoms with E-state index in [9.17, 15) is 9.59 Å². The summed E-state index contributed by atoms with van der Waals surface area (Å²) < 4.78 is 10.5. The second-order valence-corrected chi connectivity index (χ2v) is 6.93. The number of aryl methyl sites for hydroxylation is 1. The second-order valence-electron chi connectivity index (χ2n) is 6.93. The third-order valence-corrected chi connectivity index (χ3v) is 4.74. The van der Waals surface area contributed by atoms with Crippen LogP contribution in [0.5, 0.6) is 0 Å². The molecule has 1 aromatic heterocycles. The number of carbonyl (C=O) groups is 2. The van der Waals surface area contributed by atoms with Gasteiger partial charge in [0.25, 0.3) is 5.91 Å². The van der Waals surface area contributed by atoms with Crippen LogP contribution in [0.25, 0.3) is 0 Å². The van der Waals surface area contributed by atoms with Crippen molar-refractivity contribution < 1.29 is 18.7 Å². The van der Waals surface area contributed by atoms with E-state index in [4.69, 9.17) is 9.15 Å². The summed E-state index contributed by atoms with van der Waals surface area (Å²) in [7, 11) is 0. The van der Waals surface area contributed by atoms with Crippen LogP contribution in [0.3, 0.4) is 0 Å². The molecule has 7 nitrogen and oxygen atoms in total. The number of hydrogen-bond donors (Lipinski definition) is 2. The van der Waals surface area contributed by atoms with Crippen LogP contribution in [-0.4, -0.2) is 56.1 Å². The molecule has 0 aliphatic carbocycles. The molecule has 1 atom stereocenters. The van der Waals surface area contributed by atoms with Crippen molar-refractivity contribution in [3.8, 4) is 0 Å². The fourth-order valence-electron chi connectivity index (χ4n) is 3.13. The number of amides is 2. The van der Waals surface area contributed by atoms with Crippen molar-refractivity contribution >= 4 is 11.8 Å². The van der Waals surface area contributed by atoms with Gasteiger partial charge in [-0.25, -0.2) is 0 Å². The first-order valence-corrected chi connectivity index (χ1v) is 9.59. The number of morpholine rings is 1. The fraction of sp³-hybridized carbons (Fsp3) is 0.429. The summed E-state index contributed by atoms with van der Waals surface area (Å²) in [6, 6.07) is 11.4. The standard InChI is InChI=1S/C21H27N3O4/c1-16-4-6-17(7-5-16)18(15-24-10-13-27-14-11-24)23-20(25)8-9-22-21(26)19-3-2-12-28-19/h2-7,12,18H,8-11,13-15H2,1H3,(H,22,26)(H,23,25)/t18-/m1/s1. The van der Waals surface area contributed by atoms with E-state index < -0.39 is 0 Å². The molecule has 2 heterocycles. The molecule has 0 radical (unpaired) electrons. The molecular formula is C21H27N3O4. The van der Waals surface area contributed by atoms with Crippen LogP contribution < -0.4 is 10.6 Å². The number of ether oxygens (including phenoxy) is 1. The van der Waals surface area contributed by atoms with E-state index >= 15 is 0 Å². The lowest BCUT2D eigenvalue weighted by Crippen LogP contribution is -2.43. The predicted octanol–water partition coefficient (Wildman–Crippen LogP) is 1.90. The summed E-state index contributed by atoms with van der Waals surface area (Å²) in [5, 5.41) is 5.81. The van der Waals surface area contributed by atoms with Gasteiger partial charge in [0.05, 0.1) is 25.5 Å². The third-order valence-electron chi connectivity index (χ3n) is 4.74. The van der Waals surface area contributed by atoms with Gasteiger partial charge in [0.15, 0.2) is 5.76 Å². The number of hydrogen-bond acceptors (Lipinski definition) is 5. The first-order valence-electron chi connectivity index (χ1n) is 9.59. The molecule has 0 saturated carbocycles. The minimum Gasteiger partial charge on any atom is -0.459 e. The Morgan fingerprint density at radius 1 is 1.14 bits per heavy atom. The monoisotopic (exact) mass is 385 g/mol. The van der Waals surface area contributed by atoms with Crippen molar-refractivity contribution in [3.63, 3.8) is 0 Å². The van der Waals surface area contributed by atoms with E-state index in [0.29, 0.717) is 13.2 Å². The molecule has 7 heteroatoms. The maximum absolute atomic E-state index is 12.5. The van der Waals surface area contributed by atoms with Crippen LogP contribution in [0.4, 0.5) is 0 Å². The van der Waals surface area contributed by atoms with Gasteiger partial charge < -0.3 is 19.8 Å². The summed E-state index contributed by atoms with van der Waals surface area (Å²) in [5.41, 5.74) is 2.26. The Bertz CT molecular complexity index is 752. The average Bonchev–Trinajstić information content (AvgIpc) is 3.24. The van der Waals surface area contributed by atoms with Gasteiger partial charge in [-0.15, -0.1) is 0 Å². The zero-order valence-electron chi connectivity index (χ0n) is 16.1. The van der Waals surface area contributed by atoms with Crippen molar-refractivity contribution in [2.75, 3.05) is 39.4 Å². The highest BCUT2D eigenvalue weighted by molar-refractivity contribution is 5.91. The zero-order valence-corrected chi connectivity index (χ0v) is 16.1. The fourth-order valence-corrected chi connectivity index (χ4v) is 3.13. The third kappa shape index (κ3) is 5.94. The molecule has 1 fully saturated rings. The summed E-state index contributed by atoms with van der Waals surface area (Å²) in [6.07, 6.45) is 1.65. The highest BCUT2D eigenvalue weighted by Gasteiger charge is 2.20. The van der Waals surface area contributed by atoms with Gasteiger partial charge in [0.2, 0.25) is 5.91 Å². The molecule has 3 rings (SSSR count). The number of nitrogens with zero attached hydrogens (tertiary/aromatic N) is 1. The van der Waals surface area contributed by atoms with Gasteiger partial charge >= 0.3 is 0 Å². The minimum absolute atomic E-state index is 0.0985. The average molecular weight is 385 g/mol. The zero-order chi connectivity index (χ0) is 19.8. The molecular weight excluding hydrogens is 358 g/mol. The lowest BCUT2D eigenvalue weighted by Gasteiger charge is -2.31. The Hall–Kier alpha value is -2.64. The second kappa shape index (κ2) is 10.1. The number of furan rings is 1. The topological polar surface area (TPSA) is 83.8 Å². The first-order chi connectivity index (χ1) is 13.6. The molecule has 0 bridgehead atoms. The minimum atomic E-state index is -0.318. The summed E-state index contributed by atoms with van der Waals surface area (Å²) in [6.45, 7) is 6.18. The van der Waals surface area contributed by atoms with E-state index in [1.54, 1.807) is 12.1 Å². The highest BCUT2D eigenvalue weighted by atomic mass is 16.5. The SMILES string of the molecule is Cc1ccc([C@@H](CN2CCOCC2)NC(=O)CCNC(=O)c2ccco2)cc1. The highest BCUT2D eigenvalue weighted by Crippen LogP contribution is 2.16. The maximum atomic E-state index is 12.5. The van der Waals surface area contributed by atoms with Crippen molar-refractivity contribution in [1.82, 2.24) is 15.5 Å². The Morgan fingerprint density at radius 2 is 1.89 bits per heavy atom. The largest absolute Gasteiger partial charge is 0.459 e. The van der Waals surface area contributed by atoms with Crippen LogP contribution in [0, 0.1) is 6.92 Å². The first kappa shape index (κ1) is 20.1. The Balaban J connectivity index is 1.54. The van der Waals surface area contributed by atoms with Gasteiger partial charge in [0.1, 0.15) is 0 Å². The van der Waals surface area contributed by atoms with E-state index in [-0.39, 0.29) is 36.6 Å². The van der Waals surface area contributed by atoms with Gasteiger partial charge in [-0.3, -0.25) is 14.5 Å². The van der Waals surface area contributed by atoms with Gasteiger partial charge in [0, 0.05) is 32.6 Å². The maximum Gasteiger partial charge on any atom is 0.286 e. The van der Waals surface area contributed by atoms with Gasteiger partial charge in [-0.2, -0.15) is 0 Å². The van der Waals surface area contributed by atoms with E-state index in [0.717, 1.165) is 25.2 Å². The molecule has 2 aromatic rings. The van der Waals surface area contributed by atoms with Crippen molar-refractivity contribution in [1.29, 1.82) is 0 Å². The van der Waals surface area contributed by atoms with Crippen molar-refractivity contribution in [3.05, 3.63) is 59.5 Å². The molecule has 2 amide bonds. The molecule has 28 heavy (non-hydrogen) atoms. The normalized spacial score (nSPS) is 15.8. The molecule has 1 saturated heterocycles. The molecule has 1 aliphatic heterocycles.